The maximum Gasteiger partial charge on any atom is 0.237 e. The molecule has 0 unspecified atom stereocenters. The number of amides is 1. The molecule has 1 saturated heterocycles. The Morgan fingerprint density at radius 2 is 2.00 bits per heavy atom. The zero-order chi connectivity index (χ0) is 15.9. The van der Waals surface area contributed by atoms with Gasteiger partial charge >= 0.3 is 0 Å². The maximum atomic E-state index is 12.1. The second-order valence-corrected chi connectivity index (χ2v) is 5.62. The number of anilines is 1. The molecule has 0 spiro atoms. The number of ether oxygens (including phenoxy) is 1. The lowest BCUT2D eigenvalue weighted by molar-refractivity contribution is -0.117. The molecule has 0 aliphatic carbocycles. The van der Waals surface area contributed by atoms with Gasteiger partial charge in [-0.05, 0) is 56.1 Å². The van der Waals surface area contributed by atoms with Gasteiger partial charge in [0.15, 0.2) is 0 Å². The summed E-state index contributed by atoms with van der Waals surface area (Å²) in [4.78, 5) is 20.1. The summed E-state index contributed by atoms with van der Waals surface area (Å²) in [6, 6.07) is 7.25. The first-order valence-electron chi connectivity index (χ1n) is 7.84. The summed E-state index contributed by atoms with van der Waals surface area (Å²) in [5, 5.41) is 6.25. The summed E-state index contributed by atoms with van der Waals surface area (Å²) in [5.41, 5.74) is 0.774. The van der Waals surface area contributed by atoms with Crippen molar-refractivity contribution in [3.05, 3.63) is 42.9 Å². The van der Waals surface area contributed by atoms with E-state index in [9.17, 15) is 4.79 Å². The Morgan fingerprint density at radius 1 is 1.22 bits per heavy atom. The van der Waals surface area contributed by atoms with E-state index in [-0.39, 0.29) is 5.91 Å². The minimum atomic E-state index is 0.0690. The number of carbonyl (C=O) groups excluding carboxylic acids is 1. The van der Waals surface area contributed by atoms with E-state index in [1.165, 1.54) is 0 Å². The van der Waals surface area contributed by atoms with Crippen LogP contribution in [0.15, 0.2) is 42.9 Å². The number of aromatic nitrogens is 2. The van der Waals surface area contributed by atoms with Gasteiger partial charge in [-0.3, -0.25) is 9.78 Å². The minimum absolute atomic E-state index is 0.0690. The molecule has 2 aromatic rings. The summed E-state index contributed by atoms with van der Waals surface area (Å²) in [5.74, 6) is 1.65. The fraction of sp³-hybridized carbons (Fsp3) is 0.353. The molecule has 3 rings (SSSR count). The Bertz CT molecular complexity index is 625. The SMILES string of the molecule is O=C(CC1CCNCC1)Nc1ccc(Oc2cnccn2)cc1. The first kappa shape index (κ1) is 15.4. The van der Waals surface area contributed by atoms with E-state index < -0.39 is 0 Å². The summed E-state index contributed by atoms with van der Waals surface area (Å²) < 4.78 is 5.57. The Balaban J connectivity index is 1.51. The normalized spacial score (nSPS) is 15.1. The molecule has 23 heavy (non-hydrogen) atoms. The number of carbonyl (C=O) groups is 1. The number of nitrogens with one attached hydrogen (secondary N) is 2. The smallest absolute Gasteiger partial charge is 0.237 e. The van der Waals surface area contributed by atoms with E-state index in [0.717, 1.165) is 31.6 Å². The molecule has 1 aromatic heterocycles. The van der Waals surface area contributed by atoms with Crippen LogP contribution in [0.5, 0.6) is 11.6 Å². The van der Waals surface area contributed by atoms with Crippen molar-refractivity contribution in [2.24, 2.45) is 5.92 Å². The summed E-state index contributed by atoms with van der Waals surface area (Å²) in [6.45, 7) is 2.01. The minimum Gasteiger partial charge on any atom is -0.438 e. The van der Waals surface area contributed by atoms with Crippen LogP contribution in [0.4, 0.5) is 5.69 Å². The van der Waals surface area contributed by atoms with Crippen LogP contribution in [0.3, 0.4) is 0 Å². The van der Waals surface area contributed by atoms with Crippen molar-refractivity contribution in [3.63, 3.8) is 0 Å². The van der Waals surface area contributed by atoms with Crippen LogP contribution in [-0.2, 0) is 4.79 Å². The van der Waals surface area contributed by atoms with Gasteiger partial charge in [0.25, 0.3) is 0 Å². The third-order valence-electron chi connectivity index (χ3n) is 3.83. The van der Waals surface area contributed by atoms with Crippen LogP contribution in [-0.4, -0.2) is 29.0 Å². The van der Waals surface area contributed by atoms with Gasteiger partial charge in [-0.25, -0.2) is 4.98 Å². The van der Waals surface area contributed by atoms with Gasteiger partial charge in [0, 0.05) is 24.5 Å². The van der Waals surface area contributed by atoms with E-state index in [4.69, 9.17) is 4.74 Å². The lowest BCUT2D eigenvalue weighted by Crippen LogP contribution is -2.30. The molecular weight excluding hydrogens is 292 g/mol. The quantitative estimate of drug-likeness (QED) is 0.887. The number of hydrogen-bond donors (Lipinski definition) is 2. The van der Waals surface area contributed by atoms with Crippen LogP contribution < -0.4 is 15.4 Å². The van der Waals surface area contributed by atoms with Gasteiger partial charge in [0.05, 0.1) is 6.20 Å². The molecule has 120 valence electrons. The summed E-state index contributed by atoms with van der Waals surface area (Å²) in [7, 11) is 0. The molecule has 1 amide bonds. The second-order valence-electron chi connectivity index (χ2n) is 5.62. The Morgan fingerprint density at radius 3 is 2.70 bits per heavy atom. The predicted molar refractivity (Wildman–Crippen MR) is 87.4 cm³/mol. The van der Waals surface area contributed by atoms with Crippen molar-refractivity contribution in [1.82, 2.24) is 15.3 Å². The Kier molecular flexibility index (Phi) is 5.16. The molecule has 0 saturated carbocycles. The molecule has 6 nitrogen and oxygen atoms in total. The van der Waals surface area contributed by atoms with E-state index in [0.29, 0.717) is 24.0 Å². The number of piperidine rings is 1. The fourth-order valence-corrected chi connectivity index (χ4v) is 2.63. The third-order valence-corrected chi connectivity index (χ3v) is 3.83. The molecule has 2 heterocycles. The highest BCUT2D eigenvalue weighted by molar-refractivity contribution is 5.90. The zero-order valence-electron chi connectivity index (χ0n) is 12.9. The van der Waals surface area contributed by atoms with Gasteiger partial charge in [0.2, 0.25) is 11.8 Å². The van der Waals surface area contributed by atoms with Crippen molar-refractivity contribution in [2.45, 2.75) is 19.3 Å². The molecule has 6 heteroatoms. The second kappa shape index (κ2) is 7.69. The van der Waals surface area contributed by atoms with Crippen LogP contribution in [0.1, 0.15) is 19.3 Å². The first-order chi connectivity index (χ1) is 11.3. The van der Waals surface area contributed by atoms with Crippen LogP contribution >= 0.6 is 0 Å². The van der Waals surface area contributed by atoms with E-state index >= 15 is 0 Å². The average Bonchev–Trinajstić information content (AvgIpc) is 2.58. The molecule has 1 fully saturated rings. The van der Waals surface area contributed by atoms with Gasteiger partial charge in [-0.2, -0.15) is 0 Å². The highest BCUT2D eigenvalue weighted by Crippen LogP contribution is 2.21. The summed E-state index contributed by atoms with van der Waals surface area (Å²) in [6.07, 6.45) is 7.43. The van der Waals surface area contributed by atoms with Crippen molar-refractivity contribution in [3.8, 4) is 11.6 Å². The fourth-order valence-electron chi connectivity index (χ4n) is 2.63. The van der Waals surface area contributed by atoms with Crippen molar-refractivity contribution in [1.29, 1.82) is 0 Å². The van der Waals surface area contributed by atoms with Crippen LogP contribution in [0.25, 0.3) is 0 Å². The maximum absolute atomic E-state index is 12.1. The first-order valence-corrected chi connectivity index (χ1v) is 7.84. The standard InChI is InChI=1S/C17H20N4O2/c22-16(11-13-5-7-18-8-6-13)21-14-1-3-15(4-2-14)23-17-12-19-9-10-20-17/h1-4,9-10,12-13,18H,5-8,11H2,(H,21,22). The number of hydrogen-bond acceptors (Lipinski definition) is 5. The highest BCUT2D eigenvalue weighted by Gasteiger charge is 2.16. The Labute approximate surface area is 135 Å². The molecule has 0 atom stereocenters. The molecule has 1 aliphatic heterocycles. The molecule has 1 aliphatic rings. The van der Waals surface area contributed by atoms with Crippen LogP contribution in [0.2, 0.25) is 0 Å². The largest absolute Gasteiger partial charge is 0.438 e. The van der Waals surface area contributed by atoms with Gasteiger partial charge in [-0.1, -0.05) is 0 Å². The van der Waals surface area contributed by atoms with Gasteiger partial charge < -0.3 is 15.4 Å². The number of rotatable bonds is 5. The van der Waals surface area contributed by atoms with E-state index in [1.807, 2.05) is 12.1 Å². The van der Waals surface area contributed by atoms with Crippen molar-refractivity contribution < 1.29 is 9.53 Å². The van der Waals surface area contributed by atoms with Crippen molar-refractivity contribution in [2.75, 3.05) is 18.4 Å². The van der Waals surface area contributed by atoms with Crippen LogP contribution in [0, 0.1) is 5.92 Å². The average molecular weight is 312 g/mol. The number of nitrogens with zero attached hydrogens (tertiary/aromatic N) is 2. The monoisotopic (exact) mass is 312 g/mol. The molecule has 2 N–H and O–H groups in total. The van der Waals surface area contributed by atoms with E-state index in [1.54, 1.807) is 30.7 Å². The lowest BCUT2D eigenvalue weighted by atomic mass is 9.94. The number of benzene rings is 1. The molecular formula is C17H20N4O2. The molecule has 0 radical (unpaired) electrons. The van der Waals surface area contributed by atoms with Gasteiger partial charge in [-0.15, -0.1) is 0 Å². The summed E-state index contributed by atoms with van der Waals surface area (Å²) >= 11 is 0. The predicted octanol–water partition coefficient (Wildman–Crippen LogP) is 2.60. The zero-order valence-corrected chi connectivity index (χ0v) is 12.9. The van der Waals surface area contributed by atoms with Crippen molar-refractivity contribution >= 4 is 11.6 Å². The molecule has 1 aromatic carbocycles. The van der Waals surface area contributed by atoms with Gasteiger partial charge in [0.1, 0.15) is 5.75 Å². The highest BCUT2D eigenvalue weighted by atomic mass is 16.5. The topological polar surface area (TPSA) is 76.1 Å². The third kappa shape index (κ3) is 4.75. The Hall–Kier alpha value is -2.47. The molecule has 0 bridgehead atoms. The lowest BCUT2D eigenvalue weighted by Gasteiger charge is -2.21. The van der Waals surface area contributed by atoms with E-state index in [2.05, 4.69) is 20.6 Å².